The number of carbonyl (C=O) groups is 1. The third-order valence-electron chi connectivity index (χ3n) is 3.42. The molecular formula is C18H25N3O2S. The Bertz CT molecular complexity index is 674. The van der Waals surface area contributed by atoms with Crippen LogP contribution in [0.5, 0.6) is 0 Å². The first-order chi connectivity index (χ1) is 11.3. The molecule has 24 heavy (non-hydrogen) atoms. The lowest BCUT2D eigenvalue weighted by atomic mass is 10.0. The average Bonchev–Trinajstić information content (AvgIpc) is 2.91. The molecule has 5 nitrogen and oxygen atoms in total. The summed E-state index contributed by atoms with van der Waals surface area (Å²) in [5.41, 5.74) is 4.54. The molecule has 0 aliphatic carbocycles. The van der Waals surface area contributed by atoms with Crippen molar-refractivity contribution in [2.45, 2.75) is 39.3 Å². The van der Waals surface area contributed by atoms with Crippen molar-refractivity contribution < 1.29 is 9.53 Å². The number of nitrogens with zero attached hydrogens (tertiary/aromatic N) is 1. The van der Waals surface area contributed by atoms with E-state index in [0.29, 0.717) is 6.54 Å². The zero-order valence-corrected chi connectivity index (χ0v) is 15.7. The smallest absolute Gasteiger partial charge is 0.408 e. The number of alkyl carbamates (subject to hydrolysis) is 1. The number of carbonyl (C=O) groups excluding carboxylic acids is 1. The van der Waals surface area contributed by atoms with Crippen molar-refractivity contribution in [1.82, 2.24) is 15.6 Å². The van der Waals surface area contributed by atoms with Crippen LogP contribution >= 0.6 is 11.3 Å². The van der Waals surface area contributed by atoms with E-state index in [-0.39, 0.29) is 6.04 Å². The summed E-state index contributed by atoms with van der Waals surface area (Å²) in [6.45, 7) is 8.19. The van der Waals surface area contributed by atoms with Gasteiger partial charge in [0.2, 0.25) is 0 Å². The molecule has 0 fully saturated rings. The maximum atomic E-state index is 12.0. The van der Waals surface area contributed by atoms with Crippen LogP contribution in [0.15, 0.2) is 29.8 Å². The molecule has 6 heteroatoms. The fraction of sp³-hybridized carbons (Fsp3) is 0.444. The number of benzene rings is 1. The monoisotopic (exact) mass is 347 g/mol. The van der Waals surface area contributed by atoms with E-state index >= 15 is 0 Å². The van der Waals surface area contributed by atoms with Crippen LogP contribution in [0.1, 0.15) is 38.1 Å². The van der Waals surface area contributed by atoms with Gasteiger partial charge in [-0.15, -0.1) is 11.3 Å². The number of thiazole rings is 1. The van der Waals surface area contributed by atoms with E-state index in [2.05, 4.69) is 27.8 Å². The molecule has 0 unspecified atom stereocenters. The van der Waals surface area contributed by atoms with E-state index < -0.39 is 11.7 Å². The quantitative estimate of drug-likeness (QED) is 0.861. The number of likely N-dealkylation sites (N-methyl/N-ethyl adjacent to an activating group) is 1. The molecule has 0 radical (unpaired) electrons. The summed E-state index contributed by atoms with van der Waals surface area (Å²) >= 11 is 1.63. The van der Waals surface area contributed by atoms with Gasteiger partial charge >= 0.3 is 6.09 Å². The minimum atomic E-state index is -0.512. The molecule has 0 saturated heterocycles. The number of amides is 1. The Hall–Kier alpha value is -1.92. The standard InChI is InChI=1S/C18H25N3O2S/c1-12-16(24-11-20-12)14-8-6-13(7-9-14)15(10-19-5)21-17(22)23-18(2,3)4/h6-9,11,15,19H,10H2,1-5H3,(H,21,22)/t15-/m0/s1. The highest BCUT2D eigenvalue weighted by Crippen LogP contribution is 2.28. The first-order valence-electron chi connectivity index (χ1n) is 7.94. The molecule has 0 spiro atoms. The first-order valence-corrected chi connectivity index (χ1v) is 8.82. The van der Waals surface area contributed by atoms with Crippen molar-refractivity contribution in [2.24, 2.45) is 0 Å². The van der Waals surface area contributed by atoms with Crippen LogP contribution in [0.25, 0.3) is 10.4 Å². The van der Waals surface area contributed by atoms with Gasteiger partial charge in [-0.3, -0.25) is 0 Å². The predicted molar refractivity (Wildman–Crippen MR) is 98.3 cm³/mol. The lowest BCUT2D eigenvalue weighted by molar-refractivity contribution is 0.0503. The van der Waals surface area contributed by atoms with Gasteiger partial charge in [0.1, 0.15) is 5.60 Å². The van der Waals surface area contributed by atoms with E-state index in [4.69, 9.17) is 4.74 Å². The van der Waals surface area contributed by atoms with Crippen molar-refractivity contribution in [3.8, 4) is 10.4 Å². The summed E-state index contributed by atoms with van der Waals surface area (Å²) in [5.74, 6) is 0. The number of aryl methyl sites for hydroxylation is 1. The fourth-order valence-corrected chi connectivity index (χ4v) is 3.16. The van der Waals surface area contributed by atoms with Crippen molar-refractivity contribution in [2.75, 3.05) is 13.6 Å². The van der Waals surface area contributed by atoms with Crippen LogP contribution < -0.4 is 10.6 Å². The second kappa shape index (κ2) is 7.77. The third-order valence-corrected chi connectivity index (χ3v) is 4.40. The molecule has 130 valence electrons. The Morgan fingerprint density at radius 3 is 2.46 bits per heavy atom. The van der Waals surface area contributed by atoms with E-state index in [1.807, 2.05) is 52.4 Å². The first kappa shape index (κ1) is 18.4. The Kier molecular flexibility index (Phi) is 5.96. The van der Waals surface area contributed by atoms with Crippen LogP contribution in [0.2, 0.25) is 0 Å². The van der Waals surface area contributed by atoms with Gasteiger partial charge in [0.15, 0.2) is 0 Å². The lowest BCUT2D eigenvalue weighted by Crippen LogP contribution is -2.38. The summed E-state index contributed by atoms with van der Waals surface area (Å²) in [7, 11) is 1.86. The van der Waals surface area contributed by atoms with Gasteiger partial charge in [0, 0.05) is 6.54 Å². The van der Waals surface area contributed by atoms with Crippen molar-refractivity contribution in [3.63, 3.8) is 0 Å². The summed E-state index contributed by atoms with van der Waals surface area (Å²) in [4.78, 5) is 17.5. The molecule has 0 aliphatic rings. The molecule has 1 atom stereocenters. The van der Waals surface area contributed by atoms with E-state index in [1.54, 1.807) is 11.3 Å². The number of rotatable bonds is 5. The highest BCUT2D eigenvalue weighted by atomic mass is 32.1. The maximum Gasteiger partial charge on any atom is 0.408 e. The van der Waals surface area contributed by atoms with Crippen LogP contribution in [-0.2, 0) is 4.74 Å². The topological polar surface area (TPSA) is 63.2 Å². The molecule has 1 aromatic carbocycles. The highest BCUT2D eigenvalue weighted by molar-refractivity contribution is 7.13. The van der Waals surface area contributed by atoms with Gasteiger partial charge in [-0.1, -0.05) is 24.3 Å². The van der Waals surface area contributed by atoms with E-state index in [1.165, 1.54) is 4.88 Å². The van der Waals surface area contributed by atoms with Gasteiger partial charge in [-0.25, -0.2) is 9.78 Å². The summed E-state index contributed by atoms with van der Waals surface area (Å²) in [6, 6.07) is 8.05. The summed E-state index contributed by atoms with van der Waals surface area (Å²) < 4.78 is 5.35. The van der Waals surface area contributed by atoms with Gasteiger partial charge in [0.05, 0.1) is 22.1 Å². The minimum absolute atomic E-state index is 0.151. The van der Waals surface area contributed by atoms with Crippen LogP contribution in [0, 0.1) is 6.92 Å². The normalized spacial score (nSPS) is 12.7. The van der Waals surface area contributed by atoms with Crippen molar-refractivity contribution in [1.29, 1.82) is 0 Å². The average molecular weight is 347 g/mol. The number of aromatic nitrogens is 1. The molecule has 1 heterocycles. The van der Waals surface area contributed by atoms with Crippen molar-refractivity contribution >= 4 is 17.4 Å². The van der Waals surface area contributed by atoms with Crippen LogP contribution in [0.3, 0.4) is 0 Å². The van der Waals surface area contributed by atoms with E-state index in [9.17, 15) is 4.79 Å². The number of hydrogen-bond acceptors (Lipinski definition) is 5. The Balaban J connectivity index is 2.13. The largest absolute Gasteiger partial charge is 0.444 e. The molecule has 0 bridgehead atoms. The maximum absolute atomic E-state index is 12.0. The Labute approximate surface area is 147 Å². The van der Waals surface area contributed by atoms with E-state index in [0.717, 1.165) is 16.8 Å². The van der Waals surface area contributed by atoms with Gasteiger partial charge < -0.3 is 15.4 Å². The molecule has 1 amide bonds. The highest BCUT2D eigenvalue weighted by Gasteiger charge is 2.20. The second-order valence-electron chi connectivity index (χ2n) is 6.65. The molecule has 0 saturated carbocycles. The molecule has 2 aromatic rings. The molecule has 0 aliphatic heterocycles. The second-order valence-corrected chi connectivity index (χ2v) is 7.50. The molecule has 2 N–H and O–H groups in total. The van der Waals surface area contributed by atoms with Gasteiger partial charge in [-0.05, 0) is 45.9 Å². The molecule has 2 rings (SSSR count). The number of ether oxygens (including phenoxy) is 1. The Morgan fingerprint density at radius 1 is 1.29 bits per heavy atom. The predicted octanol–water partition coefficient (Wildman–Crippen LogP) is 3.90. The zero-order valence-electron chi connectivity index (χ0n) is 14.8. The fourth-order valence-electron chi connectivity index (χ4n) is 2.35. The summed E-state index contributed by atoms with van der Waals surface area (Å²) in [6.07, 6.45) is -0.412. The van der Waals surface area contributed by atoms with Gasteiger partial charge in [0.25, 0.3) is 0 Å². The zero-order chi connectivity index (χ0) is 17.7. The van der Waals surface area contributed by atoms with Gasteiger partial charge in [-0.2, -0.15) is 0 Å². The third kappa shape index (κ3) is 5.04. The lowest BCUT2D eigenvalue weighted by Gasteiger charge is -2.24. The molecule has 1 aromatic heterocycles. The summed E-state index contributed by atoms with van der Waals surface area (Å²) in [5, 5.41) is 6.03. The van der Waals surface area contributed by atoms with Crippen molar-refractivity contribution in [3.05, 3.63) is 41.0 Å². The minimum Gasteiger partial charge on any atom is -0.444 e. The number of nitrogens with one attached hydrogen (secondary N) is 2. The van der Waals surface area contributed by atoms with Crippen LogP contribution in [-0.4, -0.2) is 30.3 Å². The SMILES string of the molecule is CNC[C@H](NC(=O)OC(C)(C)C)c1ccc(-c2scnc2C)cc1. The van der Waals surface area contributed by atoms with Crippen LogP contribution in [0.4, 0.5) is 4.79 Å². The molecular weight excluding hydrogens is 322 g/mol. The Morgan fingerprint density at radius 2 is 1.96 bits per heavy atom. The number of hydrogen-bond donors (Lipinski definition) is 2.